The van der Waals surface area contributed by atoms with Crippen molar-refractivity contribution in [1.29, 1.82) is 0 Å². The van der Waals surface area contributed by atoms with Gasteiger partial charge in [0.15, 0.2) is 0 Å². The Morgan fingerprint density at radius 1 is 1.35 bits per heavy atom. The molecule has 0 aliphatic carbocycles. The van der Waals surface area contributed by atoms with Gasteiger partial charge < -0.3 is 10.4 Å². The second kappa shape index (κ2) is 4.72. The van der Waals surface area contributed by atoms with E-state index in [1.165, 1.54) is 23.1 Å². The van der Waals surface area contributed by atoms with Crippen molar-refractivity contribution in [2.45, 2.75) is 25.4 Å². The fourth-order valence-electron chi connectivity index (χ4n) is 2.48. The lowest BCUT2D eigenvalue weighted by molar-refractivity contribution is 0.282. The summed E-state index contributed by atoms with van der Waals surface area (Å²) in [5.41, 5.74) is 2.05. The zero-order chi connectivity index (χ0) is 11.7. The van der Waals surface area contributed by atoms with Gasteiger partial charge in [0.25, 0.3) is 0 Å². The van der Waals surface area contributed by atoms with Gasteiger partial charge in [-0.05, 0) is 61.1 Å². The summed E-state index contributed by atoms with van der Waals surface area (Å²) in [5, 5.41) is 13.8. The Morgan fingerprint density at radius 2 is 2.18 bits per heavy atom. The highest BCUT2D eigenvalue weighted by Gasteiger charge is 2.19. The van der Waals surface area contributed by atoms with Crippen LogP contribution in [-0.4, -0.2) is 22.6 Å². The number of nitrogens with zero attached hydrogens (tertiary/aromatic N) is 1. The molecule has 1 aromatic heterocycles. The lowest BCUT2D eigenvalue weighted by Crippen LogP contribution is -2.26. The first-order valence-electron chi connectivity index (χ1n) is 6.08. The maximum atomic E-state index is 9.21. The van der Waals surface area contributed by atoms with Crippen LogP contribution in [0, 0.1) is 0 Å². The first kappa shape index (κ1) is 11.1. The number of piperidine rings is 1. The standard InChI is InChI=1S/C13H16N2OS/c16-8-9-1-2-12-11(7-9)13(17-15-12)10-3-5-14-6-4-10/h1-2,7,10,14,16H,3-6,8H2. The largest absolute Gasteiger partial charge is 0.392 e. The summed E-state index contributed by atoms with van der Waals surface area (Å²) in [6.45, 7) is 2.31. The predicted molar refractivity (Wildman–Crippen MR) is 70.4 cm³/mol. The summed E-state index contributed by atoms with van der Waals surface area (Å²) in [7, 11) is 0. The molecule has 1 aliphatic heterocycles. The molecule has 0 radical (unpaired) electrons. The van der Waals surface area contributed by atoms with E-state index < -0.39 is 0 Å². The van der Waals surface area contributed by atoms with Gasteiger partial charge in [0.2, 0.25) is 0 Å². The SMILES string of the molecule is OCc1ccc2nsc(C3CCNCC3)c2c1. The highest BCUT2D eigenvalue weighted by atomic mass is 32.1. The molecule has 1 aliphatic rings. The molecule has 0 spiro atoms. The molecule has 2 aromatic rings. The van der Waals surface area contributed by atoms with Gasteiger partial charge in [0.05, 0.1) is 12.1 Å². The van der Waals surface area contributed by atoms with E-state index in [-0.39, 0.29) is 6.61 Å². The number of fused-ring (bicyclic) bond motifs is 1. The van der Waals surface area contributed by atoms with Crippen LogP contribution in [0.4, 0.5) is 0 Å². The Balaban J connectivity index is 2.02. The van der Waals surface area contributed by atoms with Gasteiger partial charge >= 0.3 is 0 Å². The van der Waals surface area contributed by atoms with Crippen LogP contribution < -0.4 is 5.32 Å². The normalized spacial score (nSPS) is 17.7. The molecule has 17 heavy (non-hydrogen) atoms. The molecule has 0 bridgehead atoms. The Hall–Kier alpha value is -0.970. The quantitative estimate of drug-likeness (QED) is 0.857. The zero-order valence-electron chi connectivity index (χ0n) is 9.65. The third-order valence-corrected chi connectivity index (χ3v) is 4.50. The Morgan fingerprint density at radius 3 is 2.94 bits per heavy atom. The van der Waals surface area contributed by atoms with Crippen LogP contribution in [-0.2, 0) is 6.61 Å². The van der Waals surface area contributed by atoms with Gasteiger partial charge in [-0.3, -0.25) is 0 Å². The fourth-order valence-corrected chi connectivity index (χ4v) is 3.49. The van der Waals surface area contributed by atoms with Crippen molar-refractivity contribution in [3.8, 4) is 0 Å². The molecule has 3 nitrogen and oxygen atoms in total. The average molecular weight is 248 g/mol. The molecule has 2 N–H and O–H groups in total. The highest BCUT2D eigenvalue weighted by Crippen LogP contribution is 2.34. The number of hydrogen-bond donors (Lipinski definition) is 2. The van der Waals surface area contributed by atoms with Crippen molar-refractivity contribution in [2.24, 2.45) is 0 Å². The monoisotopic (exact) mass is 248 g/mol. The van der Waals surface area contributed by atoms with Gasteiger partial charge in [-0.1, -0.05) is 6.07 Å². The van der Waals surface area contributed by atoms with E-state index in [1.807, 2.05) is 12.1 Å². The lowest BCUT2D eigenvalue weighted by Gasteiger charge is -2.21. The predicted octanol–water partition coefficient (Wildman–Crippen LogP) is 2.26. The van der Waals surface area contributed by atoms with Gasteiger partial charge in [0, 0.05) is 10.3 Å². The van der Waals surface area contributed by atoms with E-state index >= 15 is 0 Å². The number of nitrogens with one attached hydrogen (secondary N) is 1. The second-order valence-corrected chi connectivity index (χ2v) is 5.39. The Labute approximate surface area is 105 Å². The molecule has 1 aromatic carbocycles. The van der Waals surface area contributed by atoms with Crippen molar-refractivity contribution >= 4 is 22.4 Å². The van der Waals surface area contributed by atoms with Crippen LogP contribution in [0.2, 0.25) is 0 Å². The molecule has 0 atom stereocenters. The number of aliphatic hydroxyl groups excluding tert-OH is 1. The maximum absolute atomic E-state index is 9.21. The van der Waals surface area contributed by atoms with Crippen molar-refractivity contribution in [1.82, 2.24) is 9.69 Å². The fraction of sp³-hybridized carbons (Fsp3) is 0.462. The van der Waals surface area contributed by atoms with E-state index in [1.54, 1.807) is 11.5 Å². The molecular formula is C13H16N2OS. The topological polar surface area (TPSA) is 45.2 Å². The van der Waals surface area contributed by atoms with E-state index in [4.69, 9.17) is 0 Å². The van der Waals surface area contributed by atoms with Crippen LogP contribution in [0.25, 0.3) is 10.9 Å². The van der Waals surface area contributed by atoms with Crippen molar-refractivity contribution in [2.75, 3.05) is 13.1 Å². The van der Waals surface area contributed by atoms with Crippen LogP contribution in [0.5, 0.6) is 0 Å². The molecule has 1 fully saturated rings. The number of aliphatic hydroxyl groups is 1. The third-order valence-electron chi connectivity index (χ3n) is 3.46. The van der Waals surface area contributed by atoms with Crippen LogP contribution in [0.3, 0.4) is 0 Å². The zero-order valence-corrected chi connectivity index (χ0v) is 10.5. The van der Waals surface area contributed by atoms with Crippen molar-refractivity contribution in [3.05, 3.63) is 28.6 Å². The molecule has 90 valence electrons. The summed E-state index contributed by atoms with van der Waals surface area (Å²) in [5.74, 6) is 0.639. The minimum Gasteiger partial charge on any atom is -0.392 e. The number of benzene rings is 1. The lowest BCUT2D eigenvalue weighted by atomic mass is 9.94. The van der Waals surface area contributed by atoms with Gasteiger partial charge in [-0.15, -0.1) is 0 Å². The first-order chi connectivity index (χ1) is 8.38. The van der Waals surface area contributed by atoms with E-state index in [2.05, 4.69) is 15.8 Å². The van der Waals surface area contributed by atoms with Crippen molar-refractivity contribution in [3.63, 3.8) is 0 Å². The minimum absolute atomic E-state index is 0.109. The molecule has 2 heterocycles. The Kier molecular flexibility index (Phi) is 3.09. The molecule has 1 saturated heterocycles. The third kappa shape index (κ3) is 2.08. The summed E-state index contributed by atoms with van der Waals surface area (Å²) in [6, 6.07) is 6.06. The average Bonchev–Trinajstić information content (AvgIpc) is 2.82. The number of aromatic nitrogens is 1. The summed E-state index contributed by atoms with van der Waals surface area (Å²) < 4.78 is 4.51. The van der Waals surface area contributed by atoms with Crippen LogP contribution >= 0.6 is 11.5 Å². The first-order valence-corrected chi connectivity index (χ1v) is 6.85. The summed E-state index contributed by atoms with van der Waals surface area (Å²) >= 11 is 1.63. The van der Waals surface area contributed by atoms with Gasteiger partial charge in [-0.2, -0.15) is 4.37 Å². The van der Waals surface area contributed by atoms with Crippen LogP contribution in [0.15, 0.2) is 18.2 Å². The Bertz CT molecular complexity index is 517. The van der Waals surface area contributed by atoms with E-state index in [0.717, 1.165) is 24.2 Å². The second-order valence-electron chi connectivity index (χ2n) is 4.58. The molecule has 0 amide bonds. The van der Waals surface area contributed by atoms with Crippen LogP contribution in [0.1, 0.15) is 29.2 Å². The molecule has 0 unspecified atom stereocenters. The summed E-state index contributed by atoms with van der Waals surface area (Å²) in [4.78, 5) is 1.40. The maximum Gasteiger partial charge on any atom is 0.0843 e. The molecule has 3 rings (SSSR count). The van der Waals surface area contributed by atoms with Gasteiger partial charge in [0.1, 0.15) is 0 Å². The van der Waals surface area contributed by atoms with Gasteiger partial charge in [-0.25, -0.2) is 0 Å². The number of hydrogen-bond acceptors (Lipinski definition) is 4. The van der Waals surface area contributed by atoms with E-state index in [9.17, 15) is 5.11 Å². The highest BCUT2D eigenvalue weighted by molar-refractivity contribution is 7.07. The molecule has 4 heteroatoms. The van der Waals surface area contributed by atoms with E-state index in [0.29, 0.717) is 5.92 Å². The smallest absolute Gasteiger partial charge is 0.0843 e. The summed E-state index contributed by atoms with van der Waals surface area (Å²) in [6.07, 6.45) is 2.39. The van der Waals surface area contributed by atoms with Crippen molar-refractivity contribution < 1.29 is 5.11 Å². The molecular weight excluding hydrogens is 232 g/mol. The minimum atomic E-state index is 0.109. The molecule has 0 saturated carbocycles. The number of rotatable bonds is 2.